The normalized spacial score (nSPS) is 16.8. The summed E-state index contributed by atoms with van der Waals surface area (Å²) in [6.07, 6.45) is 0. The Morgan fingerprint density at radius 2 is 1.76 bits per heavy atom. The van der Waals surface area contributed by atoms with Crippen molar-refractivity contribution >= 4 is 24.1 Å². The highest BCUT2D eigenvalue weighted by Gasteiger charge is 2.25. The topological polar surface area (TPSA) is 41.6 Å². The molecule has 1 atom stereocenters. The smallest absolute Gasteiger partial charge is 0.197 e. The Kier molecular flexibility index (Phi) is 4.53. The van der Waals surface area contributed by atoms with Crippen LogP contribution >= 0.6 is 12.4 Å². The molecular formula is C17H20ClN3. The summed E-state index contributed by atoms with van der Waals surface area (Å²) in [7, 11) is 0. The van der Waals surface area contributed by atoms with E-state index in [4.69, 9.17) is 5.73 Å². The van der Waals surface area contributed by atoms with Crippen LogP contribution < -0.4 is 5.73 Å². The molecule has 3 rings (SSSR count). The van der Waals surface area contributed by atoms with Gasteiger partial charge >= 0.3 is 0 Å². The molecule has 0 fully saturated rings. The third kappa shape index (κ3) is 2.88. The minimum atomic E-state index is 0. The summed E-state index contributed by atoms with van der Waals surface area (Å²) in [4.78, 5) is 6.68. The molecule has 3 nitrogen and oxygen atoms in total. The minimum Gasteiger partial charge on any atom is -0.369 e. The van der Waals surface area contributed by atoms with E-state index in [0.29, 0.717) is 5.96 Å². The third-order valence-electron chi connectivity index (χ3n) is 3.99. The summed E-state index contributed by atoms with van der Waals surface area (Å²) in [5.74, 6) is 0.597. The number of hydrogen-bond donors (Lipinski definition) is 1. The summed E-state index contributed by atoms with van der Waals surface area (Å²) in [5, 5.41) is 0. The number of aliphatic imine (C=N–C) groups is 1. The van der Waals surface area contributed by atoms with Crippen LogP contribution in [-0.2, 0) is 6.54 Å². The Balaban J connectivity index is 0.00000161. The maximum absolute atomic E-state index is 6.16. The number of fused-ring (bicyclic) bond motifs is 1. The number of nitrogens with zero attached hydrogens (tertiary/aromatic N) is 2. The average molecular weight is 302 g/mol. The highest BCUT2D eigenvalue weighted by molar-refractivity contribution is 5.85. The van der Waals surface area contributed by atoms with Crippen LogP contribution in [0.4, 0.5) is 5.69 Å². The summed E-state index contributed by atoms with van der Waals surface area (Å²) < 4.78 is 0. The molecule has 1 aliphatic rings. The molecule has 0 aliphatic carbocycles. The van der Waals surface area contributed by atoms with Crippen molar-refractivity contribution in [2.75, 3.05) is 0 Å². The van der Waals surface area contributed by atoms with Crippen molar-refractivity contribution in [1.29, 1.82) is 0 Å². The fourth-order valence-corrected chi connectivity index (χ4v) is 2.69. The van der Waals surface area contributed by atoms with Crippen LogP contribution in [0.25, 0.3) is 0 Å². The number of guanidine groups is 1. The monoisotopic (exact) mass is 301 g/mol. The van der Waals surface area contributed by atoms with E-state index in [1.165, 1.54) is 16.7 Å². The lowest BCUT2D eigenvalue weighted by molar-refractivity contribution is 0.320. The number of para-hydroxylation sites is 1. The van der Waals surface area contributed by atoms with E-state index < -0.39 is 0 Å². The SMILES string of the molecule is Cc1ccccc1CN1C(N)=Nc2ccccc2C1C.Cl. The predicted molar refractivity (Wildman–Crippen MR) is 90.1 cm³/mol. The molecule has 0 spiro atoms. The van der Waals surface area contributed by atoms with Crippen LogP contribution in [0, 0.1) is 6.92 Å². The second-order valence-corrected chi connectivity index (χ2v) is 5.26. The van der Waals surface area contributed by atoms with Gasteiger partial charge in [-0.15, -0.1) is 12.4 Å². The lowest BCUT2D eigenvalue weighted by Gasteiger charge is -2.34. The van der Waals surface area contributed by atoms with E-state index in [2.05, 4.69) is 60.1 Å². The Labute approximate surface area is 131 Å². The van der Waals surface area contributed by atoms with Gasteiger partial charge in [-0.3, -0.25) is 0 Å². The van der Waals surface area contributed by atoms with E-state index in [9.17, 15) is 0 Å². The Bertz CT molecular complexity index is 667. The first-order chi connectivity index (χ1) is 9.66. The van der Waals surface area contributed by atoms with Crippen LogP contribution in [-0.4, -0.2) is 10.9 Å². The fraction of sp³-hybridized carbons (Fsp3) is 0.235. The molecule has 0 amide bonds. The maximum atomic E-state index is 6.16. The second kappa shape index (κ2) is 6.19. The molecule has 0 saturated carbocycles. The molecule has 0 aromatic heterocycles. The van der Waals surface area contributed by atoms with Crippen LogP contribution in [0.15, 0.2) is 53.5 Å². The van der Waals surface area contributed by atoms with E-state index in [0.717, 1.165) is 12.2 Å². The zero-order valence-electron chi connectivity index (χ0n) is 12.3. The molecular weight excluding hydrogens is 282 g/mol. The molecule has 1 heterocycles. The molecule has 1 unspecified atom stereocenters. The maximum Gasteiger partial charge on any atom is 0.197 e. The molecule has 110 valence electrons. The first kappa shape index (κ1) is 15.4. The summed E-state index contributed by atoms with van der Waals surface area (Å²) in [5.41, 5.74) is 10.9. The number of aryl methyl sites for hydroxylation is 1. The molecule has 21 heavy (non-hydrogen) atoms. The van der Waals surface area contributed by atoms with Crippen molar-refractivity contribution in [2.24, 2.45) is 10.7 Å². The third-order valence-corrected chi connectivity index (χ3v) is 3.99. The molecule has 0 bridgehead atoms. The largest absolute Gasteiger partial charge is 0.369 e. The van der Waals surface area contributed by atoms with Gasteiger partial charge in [-0.1, -0.05) is 42.5 Å². The molecule has 0 radical (unpaired) electrons. The number of nitrogens with two attached hydrogens (primary N) is 1. The van der Waals surface area contributed by atoms with Crippen molar-refractivity contribution in [3.8, 4) is 0 Å². The Morgan fingerprint density at radius 3 is 2.52 bits per heavy atom. The predicted octanol–water partition coefficient (Wildman–Crippen LogP) is 3.94. The van der Waals surface area contributed by atoms with Crippen molar-refractivity contribution in [2.45, 2.75) is 26.4 Å². The van der Waals surface area contributed by atoms with E-state index >= 15 is 0 Å². The van der Waals surface area contributed by atoms with Crippen molar-refractivity contribution in [3.63, 3.8) is 0 Å². The van der Waals surface area contributed by atoms with Crippen molar-refractivity contribution in [1.82, 2.24) is 4.90 Å². The lowest BCUT2D eigenvalue weighted by atomic mass is 10.0. The molecule has 2 aromatic carbocycles. The Morgan fingerprint density at radius 1 is 1.10 bits per heavy atom. The molecule has 4 heteroatoms. The van der Waals surface area contributed by atoms with Gasteiger partial charge < -0.3 is 10.6 Å². The number of rotatable bonds is 2. The molecule has 0 saturated heterocycles. The summed E-state index contributed by atoms with van der Waals surface area (Å²) >= 11 is 0. The first-order valence-electron chi connectivity index (χ1n) is 6.91. The lowest BCUT2D eigenvalue weighted by Crippen LogP contribution is -2.40. The standard InChI is InChI=1S/C17H19N3.ClH/c1-12-7-3-4-8-14(12)11-20-13(2)15-9-5-6-10-16(15)19-17(20)18;/h3-10,13H,11H2,1-2H3,(H2,18,19);1H. The zero-order valence-corrected chi connectivity index (χ0v) is 13.1. The van der Waals surface area contributed by atoms with Crippen LogP contribution in [0.3, 0.4) is 0 Å². The summed E-state index contributed by atoms with van der Waals surface area (Å²) in [6.45, 7) is 5.10. The van der Waals surface area contributed by atoms with Crippen molar-refractivity contribution in [3.05, 3.63) is 65.2 Å². The molecule has 2 aromatic rings. The first-order valence-corrected chi connectivity index (χ1v) is 6.91. The van der Waals surface area contributed by atoms with E-state index in [1.807, 2.05) is 12.1 Å². The van der Waals surface area contributed by atoms with Gasteiger partial charge in [0.2, 0.25) is 0 Å². The number of hydrogen-bond acceptors (Lipinski definition) is 3. The number of halogens is 1. The van der Waals surface area contributed by atoms with Crippen LogP contribution in [0.5, 0.6) is 0 Å². The molecule has 2 N–H and O–H groups in total. The highest BCUT2D eigenvalue weighted by Crippen LogP contribution is 2.34. The van der Waals surface area contributed by atoms with Gasteiger partial charge in [0.1, 0.15) is 0 Å². The minimum absolute atomic E-state index is 0. The second-order valence-electron chi connectivity index (χ2n) is 5.26. The van der Waals surface area contributed by atoms with Gasteiger partial charge in [-0.25, -0.2) is 4.99 Å². The average Bonchev–Trinajstić information content (AvgIpc) is 2.45. The summed E-state index contributed by atoms with van der Waals surface area (Å²) in [6, 6.07) is 16.8. The quantitative estimate of drug-likeness (QED) is 0.913. The van der Waals surface area contributed by atoms with Gasteiger partial charge in [0.15, 0.2) is 5.96 Å². The van der Waals surface area contributed by atoms with Gasteiger partial charge in [0.05, 0.1) is 11.7 Å². The van der Waals surface area contributed by atoms with Crippen molar-refractivity contribution < 1.29 is 0 Å². The van der Waals surface area contributed by atoms with Gasteiger partial charge in [0.25, 0.3) is 0 Å². The van der Waals surface area contributed by atoms with Crippen LogP contribution in [0.1, 0.15) is 29.7 Å². The zero-order chi connectivity index (χ0) is 14.1. The Hall–Kier alpha value is -2.00. The number of benzene rings is 2. The van der Waals surface area contributed by atoms with Gasteiger partial charge in [-0.2, -0.15) is 0 Å². The highest BCUT2D eigenvalue weighted by atomic mass is 35.5. The molecule has 1 aliphatic heterocycles. The van der Waals surface area contributed by atoms with E-state index in [-0.39, 0.29) is 18.4 Å². The fourth-order valence-electron chi connectivity index (χ4n) is 2.69. The van der Waals surface area contributed by atoms with Gasteiger partial charge in [-0.05, 0) is 31.0 Å². The van der Waals surface area contributed by atoms with Crippen LogP contribution in [0.2, 0.25) is 0 Å². The van der Waals surface area contributed by atoms with E-state index in [1.54, 1.807) is 0 Å². The van der Waals surface area contributed by atoms with Gasteiger partial charge in [0, 0.05) is 12.1 Å².